The van der Waals surface area contributed by atoms with Crippen molar-refractivity contribution in [2.24, 2.45) is 5.92 Å². The Morgan fingerprint density at radius 1 is 1.62 bits per heavy atom. The van der Waals surface area contributed by atoms with Crippen molar-refractivity contribution < 1.29 is 0 Å². The van der Waals surface area contributed by atoms with E-state index in [-0.39, 0.29) is 0 Å². The Morgan fingerprint density at radius 2 is 2.25 bits per heavy atom. The molecule has 0 atom stereocenters. The molecule has 8 heavy (non-hydrogen) atoms. The molecule has 0 nitrogen and oxygen atoms in total. The van der Waals surface area contributed by atoms with Crippen molar-refractivity contribution in [3.05, 3.63) is 12.2 Å². The fraction of sp³-hybridized carbons (Fsp3) is 0.500. The maximum Gasteiger partial charge on any atom is 0.0267 e. The zero-order valence-corrected chi connectivity index (χ0v) is 5.52. The molecule has 0 aromatic rings. The van der Waals surface area contributed by atoms with Crippen molar-refractivity contribution in [3.63, 3.8) is 0 Å². The van der Waals surface area contributed by atoms with E-state index in [2.05, 4.69) is 25.8 Å². The Bertz CT molecular complexity index is 102. The van der Waals surface area contributed by atoms with E-state index >= 15 is 0 Å². The van der Waals surface area contributed by atoms with Crippen molar-refractivity contribution in [2.75, 3.05) is 0 Å². The highest BCUT2D eigenvalue weighted by atomic mass is 13.8. The second kappa shape index (κ2) is 4.46. The third-order valence-electron chi connectivity index (χ3n) is 0.757. The van der Waals surface area contributed by atoms with Crippen LogP contribution in [0.25, 0.3) is 0 Å². The maximum absolute atomic E-state index is 5.01. The van der Waals surface area contributed by atoms with Gasteiger partial charge in [-0.1, -0.05) is 26.0 Å². The summed E-state index contributed by atoms with van der Waals surface area (Å²) in [6.45, 7) is 4.26. The van der Waals surface area contributed by atoms with Crippen molar-refractivity contribution >= 4 is 0 Å². The largest absolute Gasteiger partial charge is 0.120 e. The SMILES string of the molecule is C#CC/C=C/C(C)C. The molecule has 0 fully saturated rings. The monoisotopic (exact) mass is 108 g/mol. The van der Waals surface area contributed by atoms with Crippen LogP contribution >= 0.6 is 0 Å². The lowest BCUT2D eigenvalue weighted by Gasteiger charge is -1.88. The van der Waals surface area contributed by atoms with Crippen molar-refractivity contribution in [1.29, 1.82) is 0 Å². The summed E-state index contributed by atoms with van der Waals surface area (Å²) in [4.78, 5) is 0. The highest BCUT2D eigenvalue weighted by Gasteiger charge is 1.79. The molecule has 0 unspecified atom stereocenters. The molecule has 0 aliphatic carbocycles. The molecule has 0 spiro atoms. The first-order chi connectivity index (χ1) is 3.77. The zero-order chi connectivity index (χ0) is 6.41. The predicted molar refractivity (Wildman–Crippen MR) is 37.4 cm³/mol. The Kier molecular flexibility index (Phi) is 4.07. The van der Waals surface area contributed by atoms with Crippen LogP contribution in [0.3, 0.4) is 0 Å². The normalized spacial score (nSPS) is 10.2. The van der Waals surface area contributed by atoms with Crippen LogP contribution in [-0.4, -0.2) is 0 Å². The van der Waals surface area contributed by atoms with Gasteiger partial charge in [0.25, 0.3) is 0 Å². The van der Waals surface area contributed by atoms with Gasteiger partial charge in [-0.2, -0.15) is 0 Å². The maximum atomic E-state index is 5.01. The summed E-state index contributed by atoms with van der Waals surface area (Å²) >= 11 is 0. The molecule has 0 amide bonds. The molecule has 0 rings (SSSR count). The number of rotatable bonds is 2. The molecule has 0 saturated heterocycles. The fourth-order valence-electron chi connectivity index (χ4n) is 0.408. The van der Waals surface area contributed by atoms with Gasteiger partial charge in [-0.15, -0.1) is 12.3 Å². The zero-order valence-electron chi connectivity index (χ0n) is 5.52. The quantitative estimate of drug-likeness (QED) is 0.376. The van der Waals surface area contributed by atoms with Crippen molar-refractivity contribution in [2.45, 2.75) is 20.3 Å². The van der Waals surface area contributed by atoms with E-state index in [4.69, 9.17) is 6.42 Å². The Morgan fingerprint density at radius 3 is 2.62 bits per heavy atom. The topological polar surface area (TPSA) is 0 Å². The van der Waals surface area contributed by atoms with Gasteiger partial charge in [0.15, 0.2) is 0 Å². The lowest BCUT2D eigenvalue weighted by molar-refractivity contribution is 0.828. The third-order valence-corrected chi connectivity index (χ3v) is 0.757. The molecular formula is C8H12. The molecule has 0 heterocycles. The molecule has 0 bridgehead atoms. The van der Waals surface area contributed by atoms with E-state index in [1.54, 1.807) is 0 Å². The first-order valence-electron chi connectivity index (χ1n) is 2.87. The van der Waals surface area contributed by atoms with Crippen LogP contribution < -0.4 is 0 Å². The third kappa shape index (κ3) is 5.30. The van der Waals surface area contributed by atoms with E-state index in [1.807, 2.05) is 6.08 Å². The highest BCUT2D eigenvalue weighted by Crippen LogP contribution is 1.93. The minimum atomic E-state index is 0.628. The van der Waals surface area contributed by atoms with E-state index in [0.717, 1.165) is 6.42 Å². The molecule has 0 aromatic heterocycles. The molecule has 0 heteroatoms. The lowest BCUT2D eigenvalue weighted by Crippen LogP contribution is -1.75. The van der Waals surface area contributed by atoms with Gasteiger partial charge in [0.2, 0.25) is 0 Å². The van der Waals surface area contributed by atoms with Crippen LogP contribution in [0.15, 0.2) is 12.2 Å². The van der Waals surface area contributed by atoms with Gasteiger partial charge in [-0.05, 0) is 5.92 Å². The van der Waals surface area contributed by atoms with Crippen LogP contribution in [0.2, 0.25) is 0 Å². The fourth-order valence-corrected chi connectivity index (χ4v) is 0.408. The molecule has 44 valence electrons. The highest BCUT2D eigenvalue weighted by molar-refractivity contribution is 4.97. The first-order valence-corrected chi connectivity index (χ1v) is 2.87. The molecule has 0 radical (unpaired) electrons. The first kappa shape index (κ1) is 7.30. The summed E-state index contributed by atoms with van der Waals surface area (Å²) < 4.78 is 0. The molecular weight excluding hydrogens is 96.1 g/mol. The van der Waals surface area contributed by atoms with Crippen LogP contribution in [0.5, 0.6) is 0 Å². The van der Waals surface area contributed by atoms with Gasteiger partial charge < -0.3 is 0 Å². The summed E-state index contributed by atoms with van der Waals surface area (Å²) in [6.07, 6.45) is 9.91. The number of hydrogen-bond acceptors (Lipinski definition) is 0. The van der Waals surface area contributed by atoms with E-state index < -0.39 is 0 Å². The van der Waals surface area contributed by atoms with Gasteiger partial charge >= 0.3 is 0 Å². The molecule has 0 aromatic carbocycles. The molecule has 0 aliphatic heterocycles. The van der Waals surface area contributed by atoms with Crippen molar-refractivity contribution in [1.82, 2.24) is 0 Å². The van der Waals surface area contributed by atoms with E-state index in [1.165, 1.54) is 0 Å². The summed E-state index contributed by atoms with van der Waals surface area (Å²) in [7, 11) is 0. The second-order valence-electron chi connectivity index (χ2n) is 2.08. The molecule has 0 N–H and O–H groups in total. The number of hydrogen-bond donors (Lipinski definition) is 0. The van der Waals surface area contributed by atoms with Crippen molar-refractivity contribution in [3.8, 4) is 12.3 Å². The summed E-state index contributed by atoms with van der Waals surface area (Å²) in [5, 5.41) is 0. The smallest absolute Gasteiger partial charge is 0.0267 e. The minimum absolute atomic E-state index is 0.628. The van der Waals surface area contributed by atoms with Gasteiger partial charge in [0.1, 0.15) is 0 Å². The summed E-state index contributed by atoms with van der Waals surface area (Å²) in [5.41, 5.74) is 0. The van der Waals surface area contributed by atoms with Gasteiger partial charge in [-0.3, -0.25) is 0 Å². The lowest BCUT2D eigenvalue weighted by atomic mass is 10.2. The summed E-state index contributed by atoms with van der Waals surface area (Å²) in [5.74, 6) is 3.16. The predicted octanol–water partition coefficient (Wildman–Crippen LogP) is 2.22. The molecule has 0 saturated carbocycles. The number of terminal acetylenes is 1. The summed E-state index contributed by atoms with van der Waals surface area (Å²) in [6, 6.07) is 0. The van der Waals surface area contributed by atoms with Gasteiger partial charge in [0.05, 0.1) is 0 Å². The standard InChI is InChI=1S/C8H12/c1-4-5-6-7-8(2)3/h1,6-8H,5H2,2-3H3/b7-6+. The second-order valence-corrected chi connectivity index (χ2v) is 2.08. The average Bonchev–Trinajstić information content (AvgIpc) is 1.66. The van der Waals surface area contributed by atoms with E-state index in [0.29, 0.717) is 5.92 Å². The van der Waals surface area contributed by atoms with Crippen LogP contribution in [0.1, 0.15) is 20.3 Å². The Labute approximate surface area is 51.6 Å². The van der Waals surface area contributed by atoms with E-state index in [9.17, 15) is 0 Å². The van der Waals surface area contributed by atoms with Crippen LogP contribution in [-0.2, 0) is 0 Å². The minimum Gasteiger partial charge on any atom is -0.120 e. The average molecular weight is 108 g/mol. The molecule has 0 aliphatic rings. The van der Waals surface area contributed by atoms with Crippen LogP contribution in [0, 0.1) is 18.3 Å². The van der Waals surface area contributed by atoms with Gasteiger partial charge in [0, 0.05) is 6.42 Å². The van der Waals surface area contributed by atoms with Crippen LogP contribution in [0.4, 0.5) is 0 Å². The number of allylic oxidation sites excluding steroid dienone is 2. The Balaban J connectivity index is 3.23. The van der Waals surface area contributed by atoms with Gasteiger partial charge in [-0.25, -0.2) is 0 Å². The Hall–Kier alpha value is -0.700.